The Labute approximate surface area is 165 Å². The number of aryl methyl sites for hydroxylation is 1. The number of hydrogen-bond acceptors (Lipinski definition) is 4. The third-order valence-corrected chi connectivity index (χ3v) is 6.75. The van der Waals surface area contributed by atoms with Crippen molar-refractivity contribution in [2.24, 2.45) is 7.05 Å². The number of rotatable bonds is 4. The topological polar surface area (TPSA) is 41.4 Å². The first-order valence-electron chi connectivity index (χ1n) is 9.79. The Morgan fingerprint density at radius 3 is 2.74 bits per heavy atom. The molecule has 1 aromatic carbocycles. The number of carbonyl (C=O) groups is 1. The fourth-order valence-electron chi connectivity index (χ4n) is 4.31. The molecule has 0 radical (unpaired) electrons. The van der Waals surface area contributed by atoms with E-state index < -0.39 is 0 Å². The average molecular weight is 385 g/mol. The van der Waals surface area contributed by atoms with Gasteiger partial charge in [-0.3, -0.25) is 14.4 Å². The van der Waals surface area contributed by atoms with Crippen LogP contribution in [0.3, 0.4) is 0 Å². The smallest absolute Gasteiger partial charge is 0.274 e. The highest BCUT2D eigenvalue weighted by molar-refractivity contribution is 7.99. The molecule has 0 bridgehead atoms. The second-order valence-corrected chi connectivity index (χ2v) is 8.81. The SMILES string of the molecule is CN(Cc1ccccc1)C(=O)c1nn(C)c2c1CC(N1CCSCC1)CC2. The highest BCUT2D eigenvalue weighted by atomic mass is 32.2. The van der Waals surface area contributed by atoms with Crippen LogP contribution >= 0.6 is 11.8 Å². The number of carbonyl (C=O) groups excluding carboxylic acids is 1. The van der Waals surface area contributed by atoms with E-state index in [1.165, 1.54) is 42.3 Å². The number of nitrogens with zero attached hydrogens (tertiary/aromatic N) is 4. The number of thioether (sulfide) groups is 1. The van der Waals surface area contributed by atoms with Crippen LogP contribution in [0.5, 0.6) is 0 Å². The maximum atomic E-state index is 13.2. The van der Waals surface area contributed by atoms with Gasteiger partial charge in [0.2, 0.25) is 0 Å². The molecule has 1 atom stereocenters. The molecular weight excluding hydrogens is 356 g/mol. The van der Waals surface area contributed by atoms with E-state index in [0.29, 0.717) is 18.3 Å². The Balaban J connectivity index is 1.53. The van der Waals surface area contributed by atoms with E-state index in [9.17, 15) is 4.79 Å². The van der Waals surface area contributed by atoms with Gasteiger partial charge in [-0.1, -0.05) is 30.3 Å². The molecule has 2 heterocycles. The number of aromatic nitrogens is 2. The van der Waals surface area contributed by atoms with Gasteiger partial charge in [0.05, 0.1) is 0 Å². The molecule has 1 saturated heterocycles. The number of amides is 1. The van der Waals surface area contributed by atoms with E-state index in [2.05, 4.69) is 22.1 Å². The van der Waals surface area contributed by atoms with E-state index in [1.54, 1.807) is 4.90 Å². The van der Waals surface area contributed by atoms with E-state index in [-0.39, 0.29) is 5.91 Å². The monoisotopic (exact) mass is 384 g/mol. The summed E-state index contributed by atoms with van der Waals surface area (Å²) in [5, 5.41) is 4.64. The van der Waals surface area contributed by atoms with Crippen molar-refractivity contribution in [2.75, 3.05) is 31.6 Å². The molecule has 144 valence electrons. The van der Waals surface area contributed by atoms with E-state index in [0.717, 1.165) is 18.4 Å². The lowest BCUT2D eigenvalue weighted by Crippen LogP contribution is -2.44. The molecule has 4 rings (SSSR count). The Hall–Kier alpha value is -1.79. The molecule has 6 heteroatoms. The van der Waals surface area contributed by atoms with Gasteiger partial charge in [-0.05, 0) is 24.8 Å². The first kappa shape index (κ1) is 18.6. The van der Waals surface area contributed by atoms with E-state index >= 15 is 0 Å². The van der Waals surface area contributed by atoms with Crippen LogP contribution in [0.4, 0.5) is 0 Å². The summed E-state index contributed by atoms with van der Waals surface area (Å²) < 4.78 is 1.93. The summed E-state index contributed by atoms with van der Waals surface area (Å²) in [5.41, 5.74) is 4.22. The minimum absolute atomic E-state index is 0.0329. The standard InChI is InChI=1S/C21H28N4OS/c1-23(15-16-6-4-3-5-7-16)21(26)20-18-14-17(25-10-12-27-13-11-25)8-9-19(18)24(2)22-20/h3-7,17H,8-15H2,1-2H3. The summed E-state index contributed by atoms with van der Waals surface area (Å²) in [4.78, 5) is 17.6. The fraction of sp³-hybridized carbons (Fsp3) is 0.524. The number of benzene rings is 1. The summed E-state index contributed by atoms with van der Waals surface area (Å²) >= 11 is 2.05. The van der Waals surface area contributed by atoms with Gasteiger partial charge in [0.15, 0.2) is 5.69 Å². The van der Waals surface area contributed by atoms with E-state index in [1.807, 2.05) is 48.7 Å². The van der Waals surface area contributed by atoms with Crippen molar-refractivity contribution in [3.63, 3.8) is 0 Å². The van der Waals surface area contributed by atoms with Gasteiger partial charge in [0.25, 0.3) is 5.91 Å². The van der Waals surface area contributed by atoms with E-state index in [4.69, 9.17) is 0 Å². The lowest BCUT2D eigenvalue weighted by Gasteiger charge is -2.36. The highest BCUT2D eigenvalue weighted by Gasteiger charge is 2.32. The number of fused-ring (bicyclic) bond motifs is 1. The molecular formula is C21H28N4OS. The summed E-state index contributed by atoms with van der Waals surface area (Å²) in [6.45, 7) is 2.95. The zero-order chi connectivity index (χ0) is 18.8. The van der Waals surface area contributed by atoms with Crippen LogP contribution in [0.2, 0.25) is 0 Å². The quantitative estimate of drug-likeness (QED) is 0.813. The molecule has 1 aliphatic heterocycles. The molecule has 2 aromatic rings. The third-order valence-electron chi connectivity index (χ3n) is 5.80. The Kier molecular flexibility index (Phi) is 5.55. The lowest BCUT2D eigenvalue weighted by atomic mass is 9.90. The zero-order valence-corrected chi connectivity index (χ0v) is 17.0. The van der Waals surface area contributed by atoms with Gasteiger partial charge in [-0.2, -0.15) is 16.9 Å². The van der Waals surface area contributed by atoms with Crippen molar-refractivity contribution in [3.05, 3.63) is 52.8 Å². The summed E-state index contributed by atoms with van der Waals surface area (Å²) in [6, 6.07) is 10.7. The predicted octanol–water partition coefficient (Wildman–Crippen LogP) is 2.60. The van der Waals surface area contributed by atoms with Crippen molar-refractivity contribution in [1.29, 1.82) is 0 Å². The molecule has 0 spiro atoms. The van der Waals surface area contributed by atoms with Gasteiger partial charge in [0, 0.05) is 62.5 Å². The molecule has 1 fully saturated rings. The lowest BCUT2D eigenvalue weighted by molar-refractivity contribution is 0.0776. The molecule has 27 heavy (non-hydrogen) atoms. The van der Waals surface area contributed by atoms with Crippen molar-refractivity contribution < 1.29 is 4.79 Å². The largest absolute Gasteiger partial charge is 0.336 e. The van der Waals surface area contributed by atoms with Crippen LogP contribution in [0.1, 0.15) is 33.7 Å². The second-order valence-electron chi connectivity index (χ2n) is 7.59. The minimum atomic E-state index is 0.0329. The minimum Gasteiger partial charge on any atom is -0.336 e. The predicted molar refractivity (Wildman–Crippen MR) is 110 cm³/mol. The Bertz CT molecular complexity index is 798. The normalized spacial score (nSPS) is 20.3. The van der Waals surface area contributed by atoms with Crippen molar-refractivity contribution in [2.45, 2.75) is 31.8 Å². The van der Waals surface area contributed by atoms with Crippen LogP contribution in [0.25, 0.3) is 0 Å². The van der Waals surface area contributed by atoms with Gasteiger partial charge in [0.1, 0.15) is 0 Å². The molecule has 0 N–H and O–H groups in total. The zero-order valence-electron chi connectivity index (χ0n) is 16.2. The average Bonchev–Trinajstić information content (AvgIpc) is 3.05. The fourth-order valence-corrected chi connectivity index (χ4v) is 5.24. The van der Waals surface area contributed by atoms with Gasteiger partial charge in [-0.15, -0.1) is 0 Å². The molecule has 1 aliphatic carbocycles. The molecule has 1 aromatic heterocycles. The summed E-state index contributed by atoms with van der Waals surface area (Å²) in [6.07, 6.45) is 3.14. The van der Waals surface area contributed by atoms with Gasteiger partial charge >= 0.3 is 0 Å². The van der Waals surface area contributed by atoms with Gasteiger partial charge in [-0.25, -0.2) is 0 Å². The highest BCUT2D eigenvalue weighted by Crippen LogP contribution is 2.29. The Morgan fingerprint density at radius 2 is 2.00 bits per heavy atom. The summed E-state index contributed by atoms with van der Waals surface area (Å²) in [5.74, 6) is 2.48. The van der Waals surface area contributed by atoms with Gasteiger partial charge < -0.3 is 4.90 Å². The molecule has 1 amide bonds. The number of hydrogen-bond donors (Lipinski definition) is 0. The first-order chi connectivity index (χ1) is 13.1. The first-order valence-corrected chi connectivity index (χ1v) is 10.9. The van der Waals surface area contributed by atoms with Crippen molar-refractivity contribution in [1.82, 2.24) is 19.6 Å². The second kappa shape index (κ2) is 8.07. The van der Waals surface area contributed by atoms with Crippen molar-refractivity contribution in [3.8, 4) is 0 Å². The van der Waals surface area contributed by atoms with Crippen LogP contribution in [0, 0.1) is 0 Å². The van der Waals surface area contributed by atoms with Crippen molar-refractivity contribution >= 4 is 17.7 Å². The Morgan fingerprint density at radius 1 is 1.26 bits per heavy atom. The molecule has 1 unspecified atom stereocenters. The van der Waals surface area contributed by atoms with Crippen LogP contribution in [0.15, 0.2) is 30.3 Å². The maximum Gasteiger partial charge on any atom is 0.274 e. The maximum absolute atomic E-state index is 13.2. The molecule has 2 aliphatic rings. The molecule has 5 nitrogen and oxygen atoms in total. The summed E-state index contributed by atoms with van der Waals surface area (Å²) in [7, 11) is 3.85. The van der Waals surface area contributed by atoms with Crippen LogP contribution in [-0.4, -0.2) is 63.2 Å². The third kappa shape index (κ3) is 3.92. The van der Waals surface area contributed by atoms with Crippen LogP contribution in [-0.2, 0) is 26.4 Å². The molecule has 0 saturated carbocycles. The van der Waals surface area contributed by atoms with Crippen LogP contribution < -0.4 is 0 Å².